The maximum Gasteiger partial charge on any atom is 0.338 e. The highest BCUT2D eigenvalue weighted by atomic mass is 16.6. The molecule has 8 nitrogen and oxygen atoms in total. The number of carbonyl (C=O) groups is 4. The molecule has 3 rings (SSSR count). The molecule has 0 atom stereocenters. The second-order valence-corrected chi connectivity index (χ2v) is 7.01. The normalized spacial score (nSPS) is 12.4. The zero-order valence-corrected chi connectivity index (χ0v) is 17.4. The third kappa shape index (κ3) is 4.63. The summed E-state index contributed by atoms with van der Waals surface area (Å²) in [5.41, 5.74) is 1.81. The van der Waals surface area contributed by atoms with Crippen molar-refractivity contribution in [3.8, 4) is 11.5 Å². The molecule has 1 aliphatic heterocycles. The molecule has 0 aliphatic carbocycles. The number of fused-ring (bicyclic) bond motifs is 1. The van der Waals surface area contributed by atoms with Crippen LogP contribution in [0.15, 0.2) is 48.6 Å². The Balaban J connectivity index is 1.68. The molecule has 1 aliphatic rings. The summed E-state index contributed by atoms with van der Waals surface area (Å²) < 4.78 is 15.8. The monoisotopic (exact) mass is 423 g/mol. The van der Waals surface area contributed by atoms with Crippen LogP contribution in [0.5, 0.6) is 11.5 Å². The molecule has 2 aromatic carbocycles. The van der Waals surface area contributed by atoms with Crippen molar-refractivity contribution in [2.24, 2.45) is 0 Å². The number of benzene rings is 2. The van der Waals surface area contributed by atoms with Crippen molar-refractivity contribution in [3.05, 3.63) is 70.8 Å². The lowest BCUT2D eigenvalue weighted by molar-refractivity contribution is -0.140. The van der Waals surface area contributed by atoms with Gasteiger partial charge in [-0.3, -0.25) is 14.5 Å². The third-order valence-electron chi connectivity index (χ3n) is 4.62. The number of aryl methyl sites for hydroxylation is 1. The number of hydrogen-bond donors (Lipinski definition) is 0. The van der Waals surface area contributed by atoms with Gasteiger partial charge < -0.3 is 14.2 Å². The molecule has 2 aromatic rings. The van der Waals surface area contributed by atoms with Crippen LogP contribution in [0.2, 0.25) is 0 Å². The van der Waals surface area contributed by atoms with Crippen LogP contribution < -0.4 is 4.74 Å². The first-order valence-corrected chi connectivity index (χ1v) is 9.43. The van der Waals surface area contributed by atoms with E-state index in [2.05, 4.69) is 6.58 Å². The highest BCUT2D eigenvalue weighted by molar-refractivity contribution is 6.21. The topological polar surface area (TPSA) is 99.2 Å². The highest BCUT2D eigenvalue weighted by Crippen LogP contribution is 2.29. The van der Waals surface area contributed by atoms with Crippen molar-refractivity contribution < 1.29 is 33.4 Å². The minimum atomic E-state index is -0.592. The van der Waals surface area contributed by atoms with Crippen molar-refractivity contribution in [1.82, 2.24) is 4.90 Å². The smallest absolute Gasteiger partial charge is 0.338 e. The lowest BCUT2D eigenvalue weighted by atomic mass is 10.1. The Morgan fingerprint density at radius 1 is 0.935 bits per heavy atom. The van der Waals surface area contributed by atoms with E-state index in [-0.39, 0.29) is 35.8 Å². The quantitative estimate of drug-likeness (QED) is 0.292. The van der Waals surface area contributed by atoms with Gasteiger partial charge in [0.05, 0.1) is 16.7 Å². The summed E-state index contributed by atoms with van der Waals surface area (Å²) in [6, 6.07) is 9.49. The van der Waals surface area contributed by atoms with Gasteiger partial charge in [0.2, 0.25) is 0 Å². The first kappa shape index (κ1) is 21.8. The van der Waals surface area contributed by atoms with Crippen LogP contribution in [0.1, 0.15) is 43.6 Å². The van der Waals surface area contributed by atoms with Crippen molar-refractivity contribution in [3.63, 3.8) is 0 Å². The molecular formula is C23H21NO7. The Morgan fingerprint density at radius 2 is 1.55 bits per heavy atom. The molecule has 0 fully saturated rings. The van der Waals surface area contributed by atoms with Gasteiger partial charge in [-0.25, -0.2) is 9.59 Å². The number of imide groups is 1. The molecule has 0 aromatic heterocycles. The van der Waals surface area contributed by atoms with Crippen molar-refractivity contribution in [2.45, 2.75) is 13.8 Å². The lowest BCUT2D eigenvalue weighted by Gasteiger charge is -2.11. The summed E-state index contributed by atoms with van der Waals surface area (Å²) in [6.07, 6.45) is 0. The fourth-order valence-corrected chi connectivity index (χ4v) is 2.89. The van der Waals surface area contributed by atoms with Crippen LogP contribution in [-0.2, 0) is 14.3 Å². The number of carbonyl (C=O) groups excluding carboxylic acids is 4. The van der Waals surface area contributed by atoms with E-state index < -0.39 is 17.8 Å². The average molecular weight is 423 g/mol. The van der Waals surface area contributed by atoms with E-state index in [0.29, 0.717) is 22.6 Å². The predicted molar refractivity (Wildman–Crippen MR) is 110 cm³/mol. The van der Waals surface area contributed by atoms with Crippen molar-refractivity contribution >= 4 is 23.8 Å². The molecular weight excluding hydrogens is 402 g/mol. The molecule has 0 saturated heterocycles. The summed E-state index contributed by atoms with van der Waals surface area (Å²) in [5.74, 6) is -1.19. The maximum atomic E-state index is 12.4. The number of nitrogens with zero attached hydrogens (tertiary/aromatic N) is 1. The summed E-state index contributed by atoms with van der Waals surface area (Å²) in [4.78, 5) is 48.9. The zero-order chi connectivity index (χ0) is 22.7. The Bertz CT molecular complexity index is 1100. The minimum Gasteiger partial charge on any atom is -0.459 e. The fraction of sp³-hybridized carbons (Fsp3) is 0.217. The molecule has 0 unspecified atom stereocenters. The molecule has 0 radical (unpaired) electrons. The van der Waals surface area contributed by atoms with Gasteiger partial charge in [-0.1, -0.05) is 12.6 Å². The summed E-state index contributed by atoms with van der Waals surface area (Å²) in [7, 11) is 1.42. The number of amides is 2. The second kappa shape index (κ2) is 8.83. The van der Waals surface area contributed by atoms with Gasteiger partial charge in [-0.15, -0.1) is 0 Å². The first-order chi connectivity index (χ1) is 14.7. The minimum absolute atomic E-state index is 0.0804. The van der Waals surface area contributed by atoms with Crippen molar-refractivity contribution in [1.29, 1.82) is 0 Å². The Labute approximate surface area is 179 Å². The summed E-state index contributed by atoms with van der Waals surface area (Å²) >= 11 is 0. The molecule has 0 saturated carbocycles. The molecule has 0 N–H and O–H groups in total. The van der Waals surface area contributed by atoms with Gasteiger partial charge in [0.1, 0.15) is 24.7 Å². The number of rotatable bonds is 7. The molecule has 31 heavy (non-hydrogen) atoms. The molecule has 8 heteroatoms. The summed E-state index contributed by atoms with van der Waals surface area (Å²) in [6.45, 7) is 6.56. The Hall–Kier alpha value is -3.94. The zero-order valence-electron chi connectivity index (χ0n) is 17.4. The number of esters is 2. The third-order valence-corrected chi connectivity index (χ3v) is 4.62. The van der Waals surface area contributed by atoms with Gasteiger partial charge in [0.25, 0.3) is 11.8 Å². The summed E-state index contributed by atoms with van der Waals surface area (Å²) in [5, 5.41) is 0. The van der Waals surface area contributed by atoms with E-state index >= 15 is 0 Å². The number of hydrogen-bond acceptors (Lipinski definition) is 7. The van der Waals surface area contributed by atoms with Gasteiger partial charge in [-0.2, -0.15) is 0 Å². The van der Waals surface area contributed by atoms with Gasteiger partial charge in [0, 0.05) is 12.6 Å². The Kier molecular flexibility index (Phi) is 6.20. The maximum absolute atomic E-state index is 12.4. The predicted octanol–water partition coefficient (Wildman–Crippen LogP) is 3.29. The van der Waals surface area contributed by atoms with Crippen LogP contribution in [-0.4, -0.2) is 48.9 Å². The van der Waals surface area contributed by atoms with E-state index in [1.807, 2.05) is 0 Å². The van der Waals surface area contributed by atoms with Crippen LogP contribution in [0.25, 0.3) is 0 Å². The Morgan fingerprint density at radius 3 is 2.26 bits per heavy atom. The van der Waals surface area contributed by atoms with E-state index in [1.165, 1.54) is 32.2 Å². The van der Waals surface area contributed by atoms with E-state index in [9.17, 15) is 19.2 Å². The second-order valence-electron chi connectivity index (χ2n) is 7.01. The average Bonchev–Trinajstić information content (AvgIpc) is 2.96. The highest BCUT2D eigenvalue weighted by Gasteiger charge is 2.33. The molecule has 2 amide bonds. The van der Waals surface area contributed by atoms with Gasteiger partial charge >= 0.3 is 11.9 Å². The van der Waals surface area contributed by atoms with Gasteiger partial charge in [-0.05, 0) is 49.7 Å². The standard InChI is InChI=1S/C23H21NO7/c1-13(2)22(27)29-9-10-30-23(28)18-11-15(6-5-14(18)3)31-16-7-8-17-19(12-16)21(26)24(4)20(17)25/h5-8,11-12H,1,9-10H2,2-4H3. The molecule has 0 bridgehead atoms. The first-order valence-electron chi connectivity index (χ1n) is 9.43. The van der Waals surface area contributed by atoms with Gasteiger partial charge in [0.15, 0.2) is 0 Å². The largest absolute Gasteiger partial charge is 0.459 e. The van der Waals surface area contributed by atoms with Crippen molar-refractivity contribution in [2.75, 3.05) is 20.3 Å². The van der Waals surface area contributed by atoms with Crippen LogP contribution in [0.4, 0.5) is 0 Å². The lowest BCUT2D eigenvalue weighted by Crippen LogP contribution is -2.24. The molecule has 0 spiro atoms. The molecule has 160 valence electrons. The number of ether oxygens (including phenoxy) is 3. The molecule has 1 heterocycles. The van der Waals surface area contributed by atoms with Crippen LogP contribution in [0.3, 0.4) is 0 Å². The van der Waals surface area contributed by atoms with Crippen LogP contribution >= 0.6 is 0 Å². The fourth-order valence-electron chi connectivity index (χ4n) is 2.89. The van der Waals surface area contributed by atoms with Crippen LogP contribution in [0, 0.1) is 6.92 Å². The SMILES string of the molecule is C=C(C)C(=O)OCCOC(=O)c1cc(Oc2ccc3c(c2)C(=O)N(C)C3=O)ccc1C. The van der Waals surface area contributed by atoms with E-state index in [0.717, 1.165) is 4.90 Å². The van der Waals surface area contributed by atoms with E-state index in [4.69, 9.17) is 14.2 Å². The van der Waals surface area contributed by atoms with E-state index in [1.54, 1.807) is 25.1 Å².